The molecule has 15 heavy (non-hydrogen) atoms. The van der Waals surface area contributed by atoms with Crippen LogP contribution in [0.4, 0.5) is 0 Å². The molecule has 0 saturated heterocycles. The number of rotatable bonds is 6. The second kappa shape index (κ2) is 6.80. The molecule has 0 aromatic heterocycles. The van der Waals surface area contributed by atoms with E-state index in [9.17, 15) is 0 Å². The molecule has 0 spiro atoms. The van der Waals surface area contributed by atoms with Crippen molar-refractivity contribution in [2.24, 2.45) is 0 Å². The van der Waals surface area contributed by atoms with E-state index in [1.165, 1.54) is 0 Å². The number of ether oxygens (including phenoxy) is 3. The monoisotopic (exact) mass is 230 g/mol. The van der Waals surface area contributed by atoms with Gasteiger partial charge < -0.3 is 14.2 Å². The fourth-order valence-corrected chi connectivity index (χ4v) is 1.21. The molecule has 0 bridgehead atoms. The summed E-state index contributed by atoms with van der Waals surface area (Å²) in [6, 6.07) is 7.53. The van der Waals surface area contributed by atoms with Crippen molar-refractivity contribution in [2.75, 3.05) is 20.8 Å². The van der Waals surface area contributed by atoms with Gasteiger partial charge in [0.25, 0.3) is 0 Å². The first-order chi connectivity index (χ1) is 7.26. The summed E-state index contributed by atoms with van der Waals surface area (Å²) in [6.07, 6.45) is -0.308. The molecule has 0 aliphatic carbocycles. The zero-order chi connectivity index (χ0) is 11.1. The van der Waals surface area contributed by atoms with Crippen LogP contribution in [0.25, 0.3) is 0 Å². The summed E-state index contributed by atoms with van der Waals surface area (Å²) in [5, 5.41) is 0.727. The molecule has 3 nitrogen and oxygen atoms in total. The molecule has 1 aromatic rings. The summed E-state index contributed by atoms with van der Waals surface area (Å²) in [4.78, 5) is 0. The minimum Gasteiger partial charge on any atom is -0.372 e. The molecule has 0 atom stereocenters. The van der Waals surface area contributed by atoms with Crippen LogP contribution in [0.2, 0.25) is 5.02 Å². The van der Waals surface area contributed by atoms with Crippen LogP contribution < -0.4 is 0 Å². The number of hydrogen-bond donors (Lipinski definition) is 0. The van der Waals surface area contributed by atoms with Crippen LogP contribution in [0.15, 0.2) is 24.3 Å². The molecule has 1 rings (SSSR count). The van der Waals surface area contributed by atoms with Crippen molar-refractivity contribution in [3.05, 3.63) is 34.9 Å². The van der Waals surface area contributed by atoms with E-state index >= 15 is 0 Å². The van der Waals surface area contributed by atoms with Crippen LogP contribution in [-0.2, 0) is 20.8 Å². The first kappa shape index (κ1) is 12.5. The third kappa shape index (κ3) is 4.62. The first-order valence-electron chi connectivity index (χ1n) is 4.64. The maximum absolute atomic E-state index is 5.76. The summed E-state index contributed by atoms with van der Waals surface area (Å²) in [5.74, 6) is 0. The Bertz CT molecular complexity index is 270. The lowest BCUT2D eigenvalue weighted by molar-refractivity contribution is -0.142. The molecule has 1 aromatic carbocycles. The molecular formula is C11H15ClO3. The molecular weight excluding hydrogens is 216 g/mol. The van der Waals surface area contributed by atoms with Gasteiger partial charge in [0.05, 0.1) is 13.2 Å². The maximum atomic E-state index is 5.76. The highest BCUT2D eigenvalue weighted by atomic mass is 35.5. The van der Waals surface area contributed by atoms with Gasteiger partial charge in [0.1, 0.15) is 0 Å². The Balaban J connectivity index is 2.28. The predicted octanol–water partition coefficient (Wildman–Crippen LogP) is 2.48. The lowest BCUT2D eigenvalue weighted by Gasteiger charge is -2.13. The van der Waals surface area contributed by atoms with Gasteiger partial charge in [-0.1, -0.05) is 23.7 Å². The summed E-state index contributed by atoms with van der Waals surface area (Å²) < 4.78 is 15.4. The molecule has 0 unspecified atom stereocenters. The van der Waals surface area contributed by atoms with Crippen molar-refractivity contribution < 1.29 is 14.2 Å². The van der Waals surface area contributed by atoms with E-state index in [-0.39, 0.29) is 6.29 Å². The van der Waals surface area contributed by atoms with Crippen LogP contribution in [0.5, 0.6) is 0 Å². The molecule has 0 heterocycles. The van der Waals surface area contributed by atoms with E-state index in [2.05, 4.69) is 0 Å². The van der Waals surface area contributed by atoms with Crippen LogP contribution in [-0.4, -0.2) is 27.1 Å². The Kier molecular flexibility index (Phi) is 5.65. The number of halogens is 1. The van der Waals surface area contributed by atoms with E-state index in [1.807, 2.05) is 24.3 Å². The predicted molar refractivity (Wildman–Crippen MR) is 58.9 cm³/mol. The van der Waals surface area contributed by atoms with Crippen LogP contribution in [0, 0.1) is 0 Å². The van der Waals surface area contributed by atoms with Gasteiger partial charge in [0.15, 0.2) is 6.29 Å². The summed E-state index contributed by atoms with van der Waals surface area (Å²) in [6.45, 7) is 0.940. The number of hydrogen-bond acceptors (Lipinski definition) is 3. The summed E-state index contributed by atoms with van der Waals surface area (Å²) in [5.41, 5.74) is 1.07. The van der Waals surface area contributed by atoms with Gasteiger partial charge in [0, 0.05) is 19.2 Å². The van der Waals surface area contributed by atoms with E-state index in [0.717, 1.165) is 10.6 Å². The molecule has 0 aliphatic heterocycles. The first-order valence-corrected chi connectivity index (χ1v) is 5.02. The largest absolute Gasteiger partial charge is 0.372 e. The molecule has 0 saturated carbocycles. The Labute approximate surface area is 94.9 Å². The van der Waals surface area contributed by atoms with Crippen molar-refractivity contribution >= 4 is 11.6 Å². The summed E-state index contributed by atoms with van der Waals surface area (Å²) >= 11 is 5.76. The van der Waals surface area contributed by atoms with Crippen molar-refractivity contribution in [1.29, 1.82) is 0 Å². The average Bonchev–Trinajstić information content (AvgIpc) is 2.27. The van der Waals surface area contributed by atoms with Gasteiger partial charge in [-0.05, 0) is 17.7 Å². The van der Waals surface area contributed by atoms with Crippen molar-refractivity contribution in [1.82, 2.24) is 0 Å². The van der Waals surface area contributed by atoms with Crippen LogP contribution >= 0.6 is 11.6 Å². The van der Waals surface area contributed by atoms with Gasteiger partial charge in [-0.2, -0.15) is 0 Å². The highest BCUT2D eigenvalue weighted by Gasteiger charge is 2.04. The van der Waals surface area contributed by atoms with E-state index in [4.69, 9.17) is 25.8 Å². The van der Waals surface area contributed by atoms with E-state index < -0.39 is 0 Å². The topological polar surface area (TPSA) is 27.7 Å². The second-order valence-electron chi connectivity index (χ2n) is 3.04. The molecule has 0 radical (unpaired) electrons. The molecule has 4 heteroatoms. The van der Waals surface area contributed by atoms with Gasteiger partial charge in [-0.3, -0.25) is 0 Å². The molecule has 0 fully saturated rings. The lowest BCUT2D eigenvalue weighted by atomic mass is 10.2. The fraction of sp³-hybridized carbons (Fsp3) is 0.455. The van der Waals surface area contributed by atoms with Crippen molar-refractivity contribution in [3.63, 3.8) is 0 Å². The Morgan fingerprint density at radius 3 is 2.27 bits per heavy atom. The van der Waals surface area contributed by atoms with Gasteiger partial charge >= 0.3 is 0 Å². The minimum absolute atomic E-state index is 0.308. The number of benzene rings is 1. The normalized spacial score (nSPS) is 10.9. The SMILES string of the molecule is COC(COCc1ccc(Cl)cc1)OC. The van der Waals surface area contributed by atoms with E-state index in [1.54, 1.807) is 14.2 Å². The molecule has 84 valence electrons. The number of methoxy groups -OCH3 is 2. The zero-order valence-electron chi connectivity index (χ0n) is 8.90. The van der Waals surface area contributed by atoms with Crippen molar-refractivity contribution in [3.8, 4) is 0 Å². The van der Waals surface area contributed by atoms with Gasteiger partial charge in [-0.25, -0.2) is 0 Å². The lowest BCUT2D eigenvalue weighted by Crippen LogP contribution is -2.19. The van der Waals surface area contributed by atoms with Crippen LogP contribution in [0.3, 0.4) is 0 Å². The van der Waals surface area contributed by atoms with Crippen LogP contribution in [0.1, 0.15) is 5.56 Å². The Morgan fingerprint density at radius 1 is 1.13 bits per heavy atom. The smallest absolute Gasteiger partial charge is 0.180 e. The highest BCUT2D eigenvalue weighted by molar-refractivity contribution is 6.30. The molecule has 0 N–H and O–H groups in total. The van der Waals surface area contributed by atoms with E-state index in [0.29, 0.717) is 13.2 Å². The second-order valence-corrected chi connectivity index (χ2v) is 3.48. The Hall–Kier alpha value is -0.610. The molecule has 0 aliphatic rings. The average molecular weight is 231 g/mol. The molecule has 0 amide bonds. The fourth-order valence-electron chi connectivity index (χ4n) is 1.09. The highest BCUT2D eigenvalue weighted by Crippen LogP contribution is 2.10. The zero-order valence-corrected chi connectivity index (χ0v) is 9.66. The van der Waals surface area contributed by atoms with Gasteiger partial charge in [-0.15, -0.1) is 0 Å². The van der Waals surface area contributed by atoms with Gasteiger partial charge in [0.2, 0.25) is 0 Å². The standard InChI is InChI=1S/C11H15ClO3/c1-13-11(14-2)8-15-7-9-3-5-10(12)6-4-9/h3-6,11H,7-8H2,1-2H3. The quantitative estimate of drug-likeness (QED) is 0.703. The Morgan fingerprint density at radius 2 is 1.73 bits per heavy atom. The third-order valence-electron chi connectivity index (χ3n) is 1.96. The summed E-state index contributed by atoms with van der Waals surface area (Å²) in [7, 11) is 3.17. The van der Waals surface area contributed by atoms with Crippen molar-refractivity contribution in [2.45, 2.75) is 12.9 Å². The minimum atomic E-state index is -0.308. The third-order valence-corrected chi connectivity index (χ3v) is 2.21. The maximum Gasteiger partial charge on any atom is 0.180 e.